The van der Waals surface area contributed by atoms with Gasteiger partial charge in [0.25, 0.3) is 0 Å². The highest BCUT2D eigenvalue weighted by Gasteiger charge is 2.37. The molecule has 1 saturated heterocycles. The predicted molar refractivity (Wildman–Crippen MR) is 46.6 cm³/mol. The zero-order valence-electron chi connectivity index (χ0n) is 7.26. The molecule has 1 aliphatic rings. The molecule has 0 aliphatic carbocycles. The maximum atomic E-state index is 10.8. The van der Waals surface area contributed by atoms with Gasteiger partial charge in [0.1, 0.15) is 24.2 Å². The first kappa shape index (κ1) is 11.7. The topological polar surface area (TPSA) is 99.0 Å². The molecule has 4 atom stereocenters. The molecule has 6 nitrogen and oxygen atoms in total. The lowest BCUT2D eigenvalue weighted by Crippen LogP contribution is -2.59. The molecule has 0 aromatic rings. The monoisotopic (exact) mass is 225 g/mol. The summed E-state index contributed by atoms with van der Waals surface area (Å²) >= 11 is 5.22. The first-order valence-corrected chi connectivity index (χ1v) is 4.61. The van der Waals surface area contributed by atoms with Gasteiger partial charge in [0.2, 0.25) is 5.91 Å². The van der Waals surface area contributed by atoms with Crippen molar-refractivity contribution in [2.75, 3.05) is 12.5 Å². The third-order valence-electron chi connectivity index (χ3n) is 1.93. The summed E-state index contributed by atoms with van der Waals surface area (Å²) < 4.78 is 4.89. The van der Waals surface area contributed by atoms with Gasteiger partial charge in [0.05, 0.1) is 6.61 Å². The van der Waals surface area contributed by atoms with Crippen molar-refractivity contribution in [3.05, 3.63) is 0 Å². The fourth-order valence-corrected chi connectivity index (χ4v) is 1.21. The minimum absolute atomic E-state index is 0.147. The van der Waals surface area contributed by atoms with Gasteiger partial charge in [-0.1, -0.05) is 0 Å². The number of aliphatic hydroxyl groups excluding tert-OH is 3. The maximum Gasteiger partial charge on any atom is 0.236 e. The van der Waals surface area contributed by atoms with Crippen LogP contribution < -0.4 is 5.32 Å². The van der Waals surface area contributed by atoms with Crippen LogP contribution in [0.2, 0.25) is 0 Å². The predicted octanol–water partition coefficient (Wildman–Crippen LogP) is -2.22. The molecule has 14 heavy (non-hydrogen) atoms. The van der Waals surface area contributed by atoms with Crippen molar-refractivity contribution in [2.45, 2.75) is 24.5 Å². The van der Waals surface area contributed by atoms with Crippen molar-refractivity contribution < 1.29 is 24.9 Å². The third kappa shape index (κ3) is 2.55. The number of rotatable bonds is 2. The fraction of sp³-hybridized carbons (Fsp3) is 0.857. The molecule has 0 spiro atoms. The lowest BCUT2D eigenvalue weighted by Gasteiger charge is -2.35. The highest BCUT2D eigenvalue weighted by molar-refractivity contribution is 6.27. The Kier molecular flexibility index (Phi) is 4.09. The van der Waals surface area contributed by atoms with Crippen LogP contribution >= 0.6 is 11.6 Å². The molecule has 1 aliphatic heterocycles. The van der Waals surface area contributed by atoms with Crippen LogP contribution in [0.25, 0.3) is 0 Å². The standard InChI is InChI=1S/C7H12ClNO5/c8-1-4(11)9-7-6(13)5(12)3(10)2-14-7/h3,5-7,10,12-13H,1-2H2,(H,9,11)/t3-,5+,6-,7-/m1/s1. The van der Waals surface area contributed by atoms with Crippen LogP contribution in [0.3, 0.4) is 0 Å². The summed E-state index contributed by atoms with van der Waals surface area (Å²) in [5, 5.41) is 29.9. The molecule has 4 N–H and O–H groups in total. The van der Waals surface area contributed by atoms with Crippen LogP contribution in [0.1, 0.15) is 0 Å². The Hall–Kier alpha value is -0.400. The van der Waals surface area contributed by atoms with E-state index in [-0.39, 0.29) is 12.5 Å². The Morgan fingerprint density at radius 3 is 2.64 bits per heavy atom. The summed E-state index contributed by atoms with van der Waals surface area (Å²) in [5.74, 6) is -0.773. The van der Waals surface area contributed by atoms with Crippen LogP contribution in [0, 0.1) is 0 Å². The summed E-state index contributed by atoms with van der Waals surface area (Å²) in [5.41, 5.74) is 0. The van der Waals surface area contributed by atoms with Crippen LogP contribution in [-0.2, 0) is 9.53 Å². The highest BCUT2D eigenvalue weighted by Crippen LogP contribution is 2.13. The maximum absolute atomic E-state index is 10.8. The Bertz CT molecular complexity index is 214. The van der Waals surface area contributed by atoms with Crippen molar-refractivity contribution >= 4 is 17.5 Å². The van der Waals surface area contributed by atoms with Crippen molar-refractivity contribution in [3.63, 3.8) is 0 Å². The lowest BCUT2D eigenvalue weighted by molar-refractivity contribution is -0.196. The molecule has 1 heterocycles. The minimum Gasteiger partial charge on any atom is -0.388 e. The Labute approximate surface area is 85.4 Å². The molecular formula is C7H12ClNO5. The number of carbonyl (C=O) groups is 1. The summed E-state index contributed by atoms with van der Waals surface area (Å²) in [6, 6.07) is 0. The number of carbonyl (C=O) groups excluding carboxylic acids is 1. The molecular weight excluding hydrogens is 214 g/mol. The van der Waals surface area contributed by atoms with Crippen molar-refractivity contribution in [3.8, 4) is 0 Å². The van der Waals surface area contributed by atoms with E-state index in [1.807, 2.05) is 0 Å². The molecule has 0 aromatic carbocycles. The molecule has 0 saturated carbocycles. The molecule has 0 radical (unpaired) electrons. The van der Waals surface area contributed by atoms with Gasteiger partial charge in [0, 0.05) is 0 Å². The average molecular weight is 226 g/mol. The van der Waals surface area contributed by atoms with Crippen molar-refractivity contribution in [1.82, 2.24) is 5.32 Å². The SMILES string of the molecule is O=C(CCl)N[C@@H]1OC[C@@H](O)[C@H](O)[C@H]1O. The number of amides is 1. The molecule has 1 amide bonds. The smallest absolute Gasteiger partial charge is 0.236 e. The number of nitrogens with one attached hydrogen (secondary N) is 1. The second-order valence-corrected chi connectivity index (χ2v) is 3.27. The summed E-state index contributed by atoms with van der Waals surface area (Å²) in [4.78, 5) is 10.8. The number of alkyl halides is 1. The van der Waals surface area contributed by atoms with Crippen LogP contribution in [0.15, 0.2) is 0 Å². The Morgan fingerprint density at radius 1 is 1.43 bits per heavy atom. The average Bonchev–Trinajstić information content (AvgIpc) is 2.19. The van der Waals surface area contributed by atoms with E-state index in [9.17, 15) is 15.0 Å². The number of ether oxygens (including phenoxy) is 1. The zero-order chi connectivity index (χ0) is 10.7. The van der Waals surface area contributed by atoms with E-state index in [4.69, 9.17) is 21.4 Å². The summed E-state index contributed by atoms with van der Waals surface area (Å²) in [6.07, 6.45) is -4.86. The van der Waals surface area contributed by atoms with Gasteiger partial charge in [-0.25, -0.2) is 0 Å². The summed E-state index contributed by atoms with van der Waals surface area (Å²) in [6.45, 7) is -0.147. The summed E-state index contributed by atoms with van der Waals surface area (Å²) in [7, 11) is 0. The molecule has 0 aromatic heterocycles. The first-order valence-electron chi connectivity index (χ1n) is 4.07. The van der Waals surface area contributed by atoms with E-state index in [2.05, 4.69) is 5.32 Å². The molecule has 82 valence electrons. The lowest BCUT2D eigenvalue weighted by atomic mass is 10.0. The van der Waals surface area contributed by atoms with Gasteiger partial charge in [-0.05, 0) is 0 Å². The Morgan fingerprint density at radius 2 is 2.07 bits per heavy atom. The molecule has 1 fully saturated rings. The Balaban J connectivity index is 2.50. The van der Waals surface area contributed by atoms with E-state index >= 15 is 0 Å². The van der Waals surface area contributed by atoms with E-state index in [0.29, 0.717) is 0 Å². The first-order chi connectivity index (χ1) is 6.56. The normalized spacial score (nSPS) is 38.0. The van der Waals surface area contributed by atoms with E-state index in [0.717, 1.165) is 0 Å². The highest BCUT2D eigenvalue weighted by atomic mass is 35.5. The largest absolute Gasteiger partial charge is 0.388 e. The molecule has 7 heteroatoms. The third-order valence-corrected chi connectivity index (χ3v) is 2.17. The van der Waals surface area contributed by atoms with Crippen molar-refractivity contribution in [1.29, 1.82) is 0 Å². The van der Waals surface area contributed by atoms with E-state index < -0.39 is 30.4 Å². The molecule has 1 rings (SSSR count). The number of hydrogen-bond donors (Lipinski definition) is 4. The van der Waals surface area contributed by atoms with Gasteiger partial charge >= 0.3 is 0 Å². The minimum atomic E-state index is -1.36. The quantitative estimate of drug-likeness (QED) is 0.399. The van der Waals surface area contributed by atoms with Crippen LogP contribution in [0.5, 0.6) is 0 Å². The van der Waals surface area contributed by atoms with Gasteiger partial charge < -0.3 is 25.4 Å². The second-order valence-electron chi connectivity index (χ2n) is 3.00. The van der Waals surface area contributed by atoms with Gasteiger partial charge in [-0.15, -0.1) is 11.6 Å². The number of aliphatic hydroxyl groups is 3. The number of halogens is 1. The van der Waals surface area contributed by atoms with Gasteiger partial charge in [-0.3, -0.25) is 4.79 Å². The van der Waals surface area contributed by atoms with Crippen LogP contribution in [-0.4, -0.2) is 58.3 Å². The molecule has 0 bridgehead atoms. The van der Waals surface area contributed by atoms with Gasteiger partial charge in [0.15, 0.2) is 6.23 Å². The fourth-order valence-electron chi connectivity index (χ4n) is 1.13. The van der Waals surface area contributed by atoms with Crippen LogP contribution in [0.4, 0.5) is 0 Å². The van der Waals surface area contributed by atoms with Crippen molar-refractivity contribution in [2.24, 2.45) is 0 Å². The second kappa shape index (κ2) is 4.90. The van der Waals surface area contributed by atoms with E-state index in [1.54, 1.807) is 0 Å². The van der Waals surface area contributed by atoms with Gasteiger partial charge in [-0.2, -0.15) is 0 Å². The molecule has 0 unspecified atom stereocenters. The van der Waals surface area contributed by atoms with E-state index in [1.165, 1.54) is 0 Å². The zero-order valence-corrected chi connectivity index (χ0v) is 8.02. The number of hydrogen-bond acceptors (Lipinski definition) is 5.